The molecule has 21 heavy (non-hydrogen) atoms. The molecule has 1 aromatic carbocycles. The van der Waals surface area contributed by atoms with Gasteiger partial charge in [-0.15, -0.1) is 11.3 Å². The van der Waals surface area contributed by atoms with Gasteiger partial charge in [-0.1, -0.05) is 6.92 Å². The number of hydrogen-bond acceptors (Lipinski definition) is 5. The molecule has 2 aromatic rings. The third-order valence-corrected chi connectivity index (χ3v) is 4.41. The van der Waals surface area contributed by atoms with Crippen LogP contribution in [0.5, 0.6) is 11.5 Å². The average molecular weight is 306 g/mol. The molecule has 0 spiro atoms. The molecule has 0 saturated heterocycles. The molecular formula is C16H22N2O2S. The lowest BCUT2D eigenvalue weighted by Crippen LogP contribution is -2.13. The smallest absolute Gasteiger partial charge is 0.124 e. The van der Waals surface area contributed by atoms with Gasteiger partial charge in [0.25, 0.3) is 0 Å². The number of thiazole rings is 1. The predicted molar refractivity (Wildman–Crippen MR) is 87.4 cm³/mol. The van der Waals surface area contributed by atoms with Gasteiger partial charge in [-0.3, -0.25) is 0 Å². The minimum Gasteiger partial charge on any atom is -0.497 e. The summed E-state index contributed by atoms with van der Waals surface area (Å²) in [7, 11) is 3.32. The number of hydrogen-bond donors (Lipinski definition) is 1. The van der Waals surface area contributed by atoms with Crippen LogP contribution in [-0.4, -0.2) is 25.7 Å². The molecule has 1 N–H and O–H groups in total. The fourth-order valence-electron chi connectivity index (χ4n) is 2.03. The third kappa shape index (κ3) is 3.95. The molecule has 0 aliphatic carbocycles. The number of aryl methyl sites for hydroxylation is 1. The SMILES string of the molecule is CCCNCc1sc(-c2cc(OC)cc(OC)c2)nc1C. The molecule has 2 rings (SSSR count). The van der Waals surface area contributed by atoms with Crippen LogP contribution >= 0.6 is 11.3 Å². The van der Waals surface area contributed by atoms with E-state index in [9.17, 15) is 0 Å². The molecular weight excluding hydrogens is 284 g/mol. The zero-order valence-corrected chi connectivity index (χ0v) is 13.8. The molecule has 0 fully saturated rings. The molecule has 0 bridgehead atoms. The van der Waals surface area contributed by atoms with E-state index in [1.54, 1.807) is 25.6 Å². The van der Waals surface area contributed by atoms with E-state index in [0.29, 0.717) is 0 Å². The quantitative estimate of drug-likeness (QED) is 0.793. The van der Waals surface area contributed by atoms with E-state index in [1.807, 2.05) is 18.2 Å². The van der Waals surface area contributed by atoms with Crippen molar-refractivity contribution in [2.45, 2.75) is 26.8 Å². The van der Waals surface area contributed by atoms with Crippen molar-refractivity contribution in [3.8, 4) is 22.1 Å². The molecule has 114 valence electrons. The van der Waals surface area contributed by atoms with Gasteiger partial charge < -0.3 is 14.8 Å². The molecule has 1 heterocycles. The zero-order chi connectivity index (χ0) is 15.2. The van der Waals surface area contributed by atoms with Crippen molar-refractivity contribution in [1.29, 1.82) is 0 Å². The Morgan fingerprint density at radius 3 is 2.38 bits per heavy atom. The highest BCUT2D eigenvalue weighted by molar-refractivity contribution is 7.15. The van der Waals surface area contributed by atoms with Gasteiger partial charge in [0.05, 0.1) is 19.9 Å². The minimum atomic E-state index is 0.780. The molecule has 5 heteroatoms. The molecule has 0 radical (unpaired) electrons. The summed E-state index contributed by atoms with van der Waals surface area (Å²) in [6.07, 6.45) is 1.14. The van der Waals surface area contributed by atoms with Gasteiger partial charge in [0, 0.05) is 23.1 Å². The lowest BCUT2D eigenvalue weighted by Gasteiger charge is -2.06. The molecule has 0 atom stereocenters. The second-order valence-electron chi connectivity index (χ2n) is 4.81. The molecule has 0 unspecified atom stereocenters. The maximum atomic E-state index is 5.32. The Hall–Kier alpha value is -1.59. The molecule has 0 aliphatic heterocycles. The van der Waals surface area contributed by atoms with Gasteiger partial charge in [-0.05, 0) is 32.0 Å². The van der Waals surface area contributed by atoms with E-state index in [1.165, 1.54) is 4.88 Å². The van der Waals surface area contributed by atoms with Crippen LogP contribution in [0.2, 0.25) is 0 Å². The van der Waals surface area contributed by atoms with Gasteiger partial charge >= 0.3 is 0 Å². The lowest BCUT2D eigenvalue weighted by molar-refractivity contribution is 0.394. The number of aromatic nitrogens is 1. The Morgan fingerprint density at radius 2 is 1.81 bits per heavy atom. The van der Waals surface area contributed by atoms with E-state index in [-0.39, 0.29) is 0 Å². The van der Waals surface area contributed by atoms with E-state index < -0.39 is 0 Å². The van der Waals surface area contributed by atoms with Crippen molar-refractivity contribution in [1.82, 2.24) is 10.3 Å². The maximum absolute atomic E-state index is 5.32. The summed E-state index contributed by atoms with van der Waals surface area (Å²) in [5, 5.41) is 4.42. The first-order valence-corrected chi connectivity index (χ1v) is 7.90. The van der Waals surface area contributed by atoms with Crippen LogP contribution in [0.1, 0.15) is 23.9 Å². The van der Waals surface area contributed by atoms with E-state index in [2.05, 4.69) is 24.1 Å². The van der Waals surface area contributed by atoms with Crippen LogP contribution in [0, 0.1) is 6.92 Å². The van der Waals surface area contributed by atoms with Gasteiger partial charge in [0.1, 0.15) is 16.5 Å². The lowest BCUT2D eigenvalue weighted by atomic mass is 10.2. The molecule has 1 aromatic heterocycles. The topological polar surface area (TPSA) is 43.4 Å². The van der Waals surface area contributed by atoms with Crippen molar-refractivity contribution < 1.29 is 9.47 Å². The Labute approximate surface area is 130 Å². The summed E-state index contributed by atoms with van der Waals surface area (Å²) in [6.45, 7) is 6.12. The van der Waals surface area contributed by atoms with Crippen molar-refractivity contribution in [2.75, 3.05) is 20.8 Å². The van der Waals surface area contributed by atoms with Crippen molar-refractivity contribution in [3.63, 3.8) is 0 Å². The normalized spacial score (nSPS) is 10.7. The van der Waals surface area contributed by atoms with Crippen molar-refractivity contribution >= 4 is 11.3 Å². The minimum absolute atomic E-state index is 0.780. The van der Waals surface area contributed by atoms with Gasteiger partial charge in [-0.2, -0.15) is 0 Å². The summed E-state index contributed by atoms with van der Waals surface area (Å²) in [6, 6.07) is 5.85. The number of ether oxygens (including phenoxy) is 2. The zero-order valence-electron chi connectivity index (χ0n) is 13.0. The summed E-state index contributed by atoms with van der Waals surface area (Å²) < 4.78 is 10.6. The van der Waals surface area contributed by atoms with Crippen molar-refractivity contribution in [3.05, 3.63) is 28.8 Å². The average Bonchev–Trinajstić information content (AvgIpc) is 2.88. The second kappa shape index (κ2) is 7.43. The van der Waals surface area contributed by atoms with Crippen LogP contribution < -0.4 is 14.8 Å². The third-order valence-electron chi connectivity index (χ3n) is 3.20. The molecule has 0 amide bonds. The number of rotatable bonds is 7. The largest absolute Gasteiger partial charge is 0.497 e. The molecule has 0 aliphatic rings. The van der Waals surface area contributed by atoms with Crippen LogP contribution in [0.3, 0.4) is 0 Å². The standard InChI is InChI=1S/C16H22N2O2S/c1-5-6-17-10-15-11(2)18-16(21-15)12-7-13(19-3)9-14(8-12)20-4/h7-9,17H,5-6,10H2,1-4H3. The van der Waals surface area contributed by atoms with Crippen LogP contribution in [-0.2, 0) is 6.54 Å². The fourth-order valence-corrected chi connectivity index (χ4v) is 3.04. The fraction of sp³-hybridized carbons (Fsp3) is 0.438. The Balaban J connectivity index is 2.27. The van der Waals surface area contributed by atoms with Crippen LogP contribution in [0.25, 0.3) is 10.6 Å². The Kier molecular flexibility index (Phi) is 5.59. The number of nitrogens with zero attached hydrogens (tertiary/aromatic N) is 1. The van der Waals surface area contributed by atoms with Gasteiger partial charge in [0.15, 0.2) is 0 Å². The van der Waals surface area contributed by atoms with E-state index >= 15 is 0 Å². The molecule has 0 saturated carbocycles. The van der Waals surface area contributed by atoms with Crippen LogP contribution in [0.15, 0.2) is 18.2 Å². The monoisotopic (exact) mass is 306 g/mol. The molecule has 4 nitrogen and oxygen atoms in total. The summed E-state index contributed by atoms with van der Waals surface area (Å²) >= 11 is 1.72. The van der Waals surface area contributed by atoms with Crippen molar-refractivity contribution in [2.24, 2.45) is 0 Å². The maximum Gasteiger partial charge on any atom is 0.124 e. The summed E-state index contributed by atoms with van der Waals surface area (Å²) in [4.78, 5) is 5.96. The van der Waals surface area contributed by atoms with Gasteiger partial charge in [-0.25, -0.2) is 4.98 Å². The van der Waals surface area contributed by atoms with Crippen LogP contribution in [0.4, 0.5) is 0 Å². The first-order chi connectivity index (χ1) is 10.2. The van der Waals surface area contributed by atoms with E-state index in [4.69, 9.17) is 9.47 Å². The number of benzene rings is 1. The summed E-state index contributed by atoms with van der Waals surface area (Å²) in [5.74, 6) is 1.56. The first kappa shape index (κ1) is 15.8. The highest BCUT2D eigenvalue weighted by Crippen LogP contribution is 2.33. The van der Waals surface area contributed by atoms with Gasteiger partial charge in [0.2, 0.25) is 0 Å². The first-order valence-electron chi connectivity index (χ1n) is 7.08. The van der Waals surface area contributed by atoms with E-state index in [0.717, 1.165) is 47.3 Å². The highest BCUT2D eigenvalue weighted by atomic mass is 32.1. The predicted octanol–water partition coefficient (Wildman–Crippen LogP) is 3.64. The number of nitrogens with one attached hydrogen (secondary N) is 1. The second-order valence-corrected chi connectivity index (χ2v) is 5.89. The summed E-state index contributed by atoms with van der Waals surface area (Å²) in [5.41, 5.74) is 2.11. The Bertz CT molecular complexity index is 574. The highest BCUT2D eigenvalue weighted by Gasteiger charge is 2.11. The Morgan fingerprint density at radius 1 is 1.14 bits per heavy atom. The number of methoxy groups -OCH3 is 2.